The van der Waals surface area contributed by atoms with E-state index in [0.717, 1.165) is 17.4 Å². The minimum absolute atomic E-state index is 0.110. The Morgan fingerprint density at radius 2 is 1.69 bits per heavy atom. The number of amides is 2. The normalized spacial score (nSPS) is 15.3. The van der Waals surface area contributed by atoms with E-state index in [1.54, 1.807) is 49.4 Å². The summed E-state index contributed by atoms with van der Waals surface area (Å²) in [7, 11) is -0.624. The molecule has 0 saturated carbocycles. The number of anilines is 3. The number of ether oxygens (including phenoxy) is 1. The smallest absolute Gasteiger partial charge is 0.414 e. The molecule has 1 atom stereocenters. The number of nitrogens with zero attached hydrogens (tertiary/aromatic N) is 4. The molecular weight excluding hydrogens is 484 g/mol. The van der Waals surface area contributed by atoms with Crippen molar-refractivity contribution in [3.05, 3.63) is 60.8 Å². The zero-order chi connectivity index (χ0) is 26.2. The van der Waals surface area contributed by atoms with Crippen molar-refractivity contribution >= 4 is 39.3 Å². The third-order valence-electron chi connectivity index (χ3n) is 6.05. The van der Waals surface area contributed by atoms with Crippen molar-refractivity contribution < 1.29 is 27.9 Å². The molecule has 0 radical (unpaired) electrons. The summed E-state index contributed by atoms with van der Waals surface area (Å²) in [5, 5.41) is 9.65. The lowest BCUT2D eigenvalue weighted by molar-refractivity contribution is 0.175. The van der Waals surface area contributed by atoms with Gasteiger partial charge in [0.2, 0.25) is 10.0 Å². The minimum Gasteiger partial charge on any atom is -0.465 e. The second-order valence-corrected chi connectivity index (χ2v) is 10.5. The number of sulfonamides is 1. The molecular formula is C25H26N4O6S. The number of benzene rings is 2. The van der Waals surface area contributed by atoms with E-state index in [2.05, 4.69) is 11.1 Å². The molecule has 3 aliphatic rings. The standard InChI is InChI=1S/C20H23N3O6S.C5H3N/c1-13-12-22(19(24)25)18-11-15(7-10-17(18)23(13)20(26)29-3)14-5-8-16(9-6-14)21(2)30(4,27)28;1-2-6-5-3-4(1)5/h5-11,13H,12H2,1-4H3,(H,24,25);1-3H/t13-;/m0./s1. The molecule has 0 spiro atoms. The van der Waals surface area contributed by atoms with Gasteiger partial charge in [0.25, 0.3) is 0 Å². The number of aromatic nitrogens is 1. The predicted molar refractivity (Wildman–Crippen MR) is 138 cm³/mol. The molecule has 10 nitrogen and oxygen atoms in total. The second-order valence-electron chi connectivity index (χ2n) is 8.49. The number of rotatable bonds is 3. The van der Waals surface area contributed by atoms with Crippen LogP contribution < -0.4 is 14.1 Å². The lowest BCUT2D eigenvalue weighted by Crippen LogP contribution is -2.51. The van der Waals surface area contributed by atoms with Crippen LogP contribution in [0.5, 0.6) is 0 Å². The van der Waals surface area contributed by atoms with Gasteiger partial charge >= 0.3 is 12.2 Å². The van der Waals surface area contributed by atoms with Gasteiger partial charge < -0.3 is 9.84 Å². The van der Waals surface area contributed by atoms with Gasteiger partial charge in [-0.1, -0.05) is 18.2 Å². The average Bonchev–Trinajstić information content (AvgIpc) is 3.46. The van der Waals surface area contributed by atoms with Gasteiger partial charge in [-0.15, -0.1) is 0 Å². The first-order chi connectivity index (χ1) is 17.0. The van der Waals surface area contributed by atoms with Gasteiger partial charge in [0.15, 0.2) is 0 Å². The third-order valence-corrected chi connectivity index (χ3v) is 7.26. The summed E-state index contributed by atoms with van der Waals surface area (Å²) in [6.45, 7) is 1.86. The molecule has 11 heteroatoms. The maximum absolute atomic E-state index is 12.2. The van der Waals surface area contributed by atoms with Crippen LogP contribution in [0.15, 0.2) is 60.8 Å². The maximum Gasteiger partial charge on any atom is 0.414 e. The predicted octanol–water partition coefficient (Wildman–Crippen LogP) is 4.27. The highest BCUT2D eigenvalue weighted by molar-refractivity contribution is 7.92. The molecule has 0 fully saturated rings. The SMILES string of the molecule is COC(=O)N1c2ccc(-c3ccc(N(C)S(C)(=O)=O)cc3)cc2N(C(=O)O)C[C@@H]1C.c1cc2cc-2n1. The highest BCUT2D eigenvalue weighted by Gasteiger charge is 2.35. The van der Waals surface area contributed by atoms with Crippen molar-refractivity contribution in [2.75, 3.05) is 41.1 Å². The van der Waals surface area contributed by atoms with Gasteiger partial charge in [0.05, 0.1) is 48.7 Å². The van der Waals surface area contributed by atoms with Gasteiger partial charge in [-0.3, -0.25) is 19.1 Å². The number of methoxy groups -OCH3 is 1. The summed E-state index contributed by atoms with van der Waals surface area (Å²) in [5.74, 6) is 0. The molecule has 1 aliphatic carbocycles. The molecule has 2 aromatic rings. The molecule has 2 amide bonds. The first kappa shape index (κ1) is 25.0. The summed E-state index contributed by atoms with van der Waals surface area (Å²) >= 11 is 0. The molecule has 0 unspecified atom stereocenters. The average molecular weight is 511 g/mol. The van der Waals surface area contributed by atoms with E-state index < -0.39 is 28.3 Å². The molecule has 188 valence electrons. The first-order valence-corrected chi connectivity index (χ1v) is 12.9. The summed E-state index contributed by atoms with van der Waals surface area (Å²) < 4.78 is 29.4. The van der Waals surface area contributed by atoms with Gasteiger partial charge in [0.1, 0.15) is 0 Å². The summed E-state index contributed by atoms with van der Waals surface area (Å²) in [4.78, 5) is 30.6. The number of carbonyl (C=O) groups excluding carboxylic acids is 1. The van der Waals surface area contributed by atoms with Crippen molar-refractivity contribution in [3.63, 3.8) is 0 Å². The first-order valence-electron chi connectivity index (χ1n) is 11.0. The second kappa shape index (κ2) is 9.50. The van der Waals surface area contributed by atoms with Gasteiger partial charge in [-0.25, -0.2) is 18.0 Å². The van der Waals surface area contributed by atoms with E-state index in [4.69, 9.17) is 4.74 Å². The van der Waals surface area contributed by atoms with Crippen LogP contribution in [0.25, 0.3) is 22.4 Å². The van der Waals surface area contributed by atoms with E-state index in [-0.39, 0.29) is 6.54 Å². The fraction of sp³-hybridized carbons (Fsp3) is 0.240. The Morgan fingerprint density at radius 1 is 1.03 bits per heavy atom. The molecule has 0 aromatic heterocycles. The van der Waals surface area contributed by atoms with E-state index in [9.17, 15) is 23.1 Å². The quantitative estimate of drug-likeness (QED) is 0.437. The van der Waals surface area contributed by atoms with Crippen LogP contribution in [0.1, 0.15) is 6.92 Å². The fourth-order valence-corrected chi connectivity index (χ4v) is 4.48. The molecule has 2 aliphatic heterocycles. The summed E-state index contributed by atoms with van der Waals surface area (Å²) in [6, 6.07) is 15.7. The lowest BCUT2D eigenvalue weighted by Gasteiger charge is -2.39. The molecule has 5 rings (SSSR count). The largest absolute Gasteiger partial charge is 0.465 e. The summed E-state index contributed by atoms with van der Waals surface area (Å²) in [6.07, 6.45) is 1.27. The lowest BCUT2D eigenvalue weighted by atomic mass is 10.0. The molecule has 1 N–H and O–H groups in total. The fourth-order valence-electron chi connectivity index (χ4n) is 3.97. The number of hydrogen-bond donors (Lipinski definition) is 1. The molecule has 2 heterocycles. The van der Waals surface area contributed by atoms with E-state index in [1.165, 1.54) is 39.5 Å². The summed E-state index contributed by atoms with van der Waals surface area (Å²) in [5.41, 5.74) is 5.33. The van der Waals surface area contributed by atoms with E-state index >= 15 is 0 Å². The zero-order valence-corrected chi connectivity index (χ0v) is 21.1. The monoisotopic (exact) mass is 510 g/mol. The Bertz CT molecular complexity index is 1410. The van der Waals surface area contributed by atoms with Crippen LogP contribution in [0.2, 0.25) is 0 Å². The van der Waals surface area contributed by atoms with Gasteiger partial charge in [-0.05, 0) is 54.4 Å². The molecule has 0 bridgehead atoms. The van der Waals surface area contributed by atoms with E-state index in [1.807, 2.05) is 12.3 Å². The van der Waals surface area contributed by atoms with Crippen LogP contribution in [0, 0.1) is 0 Å². The number of hydrogen-bond acceptors (Lipinski definition) is 6. The Labute approximate surface area is 209 Å². The van der Waals surface area contributed by atoms with Crippen molar-refractivity contribution in [2.24, 2.45) is 0 Å². The Morgan fingerprint density at radius 3 is 2.17 bits per heavy atom. The van der Waals surface area contributed by atoms with Crippen LogP contribution in [0.4, 0.5) is 26.7 Å². The number of carboxylic acid groups (broad SMARTS) is 1. The minimum atomic E-state index is -3.37. The van der Waals surface area contributed by atoms with E-state index in [0.29, 0.717) is 17.1 Å². The van der Waals surface area contributed by atoms with Crippen LogP contribution >= 0.6 is 0 Å². The Hall–Kier alpha value is -4.12. The number of fused-ring (bicyclic) bond motifs is 2. The maximum atomic E-state index is 12.2. The van der Waals surface area contributed by atoms with Crippen LogP contribution in [-0.2, 0) is 14.8 Å². The number of carbonyl (C=O) groups is 2. The highest BCUT2D eigenvalue weighted by Crippen LogP contribution is 2.39. The molecule has 36 heavy (non-hydrogen) atoms. The Balaban J connectivity index is 0.000000434. The van der Waals surface area contributed by atoms with Crippen LogP contribution in [-0.4, -0.2) is 63.7 Å². The number of pyridine rings is 1. The van der Waals surface area contributed by atoms with Crippen molar-refractivity contribution in [1.29, 1.82) is 0 Å². The topological polar surface area (TPSA) is 120 Å². The molecule has 0 saturated heterocycles. The van der Waals surface area contributed by atoms with Crippen molar-refractivity contribution in [1.82, 2.24) is 4.98 Å². The van der Waals surface area contributed by atoms with Gasteiger partial charge in [-0.2, -0.15) is 0 Å². The third kappa shape index (κ3) is 4.96. The zero-order valence-electron chi connectivity index (χ0n) is 20.2. The van der Waals surface area contributed by atoms with Gasteiger partial charge in [0, 0.05) is 18.8 Å². The molecule has 2 aromatic carbocycles. The van der Waals surface area contributed by atoms with Crippen LogP contribution in [0.3, 0.4) is 0 Å². The van der Waals surface area contributed by atoms with Crippen molar-refractivity contribution in [3.8, 4) is 22.4 Å². The Kier molecular flexibility index (Phi) is 6.59. The highest BCUT2D eigenvalue weighted by atomic mass is 32.2. The van der Waals surface area contributed by atoms with Crippen molar-refractivity contribution in [2.45, 2.75) is 13.0 Å².